The zero-order chi connectivity index (χ0) is 24.9. The molecule has 0 radical (unpaired) electrons. The van der Waals surface area contributed by atoms with E-state index < -0.39 is 11.2 Å². The van der Waals surface area contributed by atoms with E-state index in [0.717, 1.165) is 12.0 Å². The molecule has 1 amide bonds. The minimum Gasteiger partial charge on any atom is -0.497 e. The number of pyridine rings is 1. The van der Waals surface area contributed by atoms with E-state index in [9.17, 15) is 14.4 Å². The van der Waals surface area contributed by atoms with Gasteiger partial charge >= 0.3 is 0 Å². The lowest BCUT2D eigenvalue weighted by Gasteiger charge is -2.14. The maximum Gasteiger partial charge on any atom is 0.244 e. The van der Waals surface area contributed by atoms with Gasteiger partial charge in [-0.05, 0) is 54.4 Å². The number of hydrogen-bond donors (Lipinski definition) is 1. The highest BCUT2D eigenvalue weighted by atomic mass is 16.5. The van der Waals surface area contributed by atoms with Crippen molar-refractivity contribution in [3.8, 4) is 11.5 Å². The molecule has 0 spiro atoms. The van der Waals surface area contributed by atoms with E-state index in [1.54, 1.807) is 66.3 Å². The molecule has 7 heteroatoms. The number of anilines is 1. The van der Waals surface area contributed by atoms with Crippen molar-refractivity contribution in [1.29, 1.82) is 0 Å². The highest BCUT2D eigenvalue weighted by Crippen LogP contribution is 2.21. The fraction of sp³-hybridized carbons (Fsp3) is 0.179. The first-order valence-electron chi connectivity index (χ1n) is 11.2. The van der Waals surface area contributed by atoms with Gasteiger partial charge < -0.3 is 19.4 Å². The van der Waals surface area contributed by atoms with Gasteiger partial charge in [0.1, 0.15) is 18.0 Å². The van der Waals surface area contributed by atoms with Crippen molar-refractivity contribution in [1.82, 2.24) is 4.57 Å². The number of rotatable bonds is 8. The molecular weight excluding hydrogens is 444 g/mol. The van der Waals surface area contributed by atoms with Crippen LogP contribution in [0.3, 0.4) is 0 Å². The van der Waals surface area contributed by atoms with Crippen LogP contribution in [-0.2, 0) is 17.8 Å². The first-order valence-corrected chi connectivity index (χ1v) is 11.2. The van der Waals surface area contributed by atoms with Gasteiger partial charge in [-0.2, -0.15) is 0 Å². The van der Waals surface area contributed by atoms with Gasteiger partial charge in [-0.3, -0.25) is 14.4 Å². The lowest BCUT2D eigenvalue weighted by Crippen LogP contribution is -2.24. The van der Waals surface area contributed by atoms with Gasteiger partial charge in [0, 0.05) is 17.4 Å². The van der Waals surface area contributed by atoms with Crippen molar-refractivity contribution in [2.75, 3.05) is 19.5 Å². The van der Waals surface area contributed by atoms with Gasteiger partial charge in [-0.15, -0.1) is 0 Å². The summed E-state index contributed by atoms with van der Waals surface area (Å²) in [5.41, 5.74) is 2.23. The molecule has 0 aliphatic carbocycles. The first-order chi connectivity index (χ1) is 16.9. The Labute approximate surface area is 202 Å². The summed E-state index contributed by atoms with van der Waals surface area (Å²) in [5.74, 6) is 0.465. The second-order valence-electron chi connectivity index (χ2n) is 8.04. The Morgan fingerprint density at radius 1 is 0.886 bits per heavy atom. The van der Waals surface area contributed by atoms with E-state index in [2.05, 4.69) is 5.32 Å². The average molecular weight is 471 g/mol. The number of nitrogens with one attached hydrogen (secondary N) is 1. The van der Waals surface area contributed by atoms with Crippen molar-refractivity contribution < 1.29 is 19.1 Å². The van der Waals surface area contributed by atoms with Crippen molar-refractivity contribution in [2.24, 2.45) is 0 Å². The molecule has 1 N–H and O–H groups in total. The molecule has 0 atom stereocenters. The molecule has 0 unspecified atom stereocenters. The molecule has 0 aliphatic heterocycles. The number of nitrogens with zero attached hydrogens (tertiary/aromatic N) is 1. The fourth-order valence-electron chi connectivity index (χ4n) is 3.87. The Morgan fingerprint density at radius 2 is 1.54 bits per heavy atom. The SMILES string of the molecule is CCc1ccc(C(=O)c2cn(CC(=O)Nc3ccc(OC)cc3)c3ccc(OC)cc3c2=O)cc1. The summed E-state index contributed by atoms with van der Waals surface area (Å²) < 4.78 is 12.0. The molecule has 0 aliphatic rings. The van der Waals surface area contributed by atoms with Gasteiger partial charge in [-0.25, -0.2) is 0 Å². The van der Waals surface area contributed by atoms with Crippen LogP contribution in [0.25, 0.3) is 10.9 Å². The third-order valence-electron chi connectivity index (χ3n) is 5.84. The summed E-state index contributed by atoms with van der Waals surface area (Å²) in [4.78, 5) is 39.5. The molecule has 35 heavy (non-hydrogen) atoms. The number of amides is 1. The average Bonchev–Trinajstić information content (AvgIpc) is 2.90. The lowest BCUT2D eigenvalue weighted by molar-refractivity contribution is -0.116. The topological polar surface area (TPSA) is 86.6 Å². The van der Waals surface area contributed by atoms with Crippen LogP contribution in [0.1, 0.15) is 28.4 Å². The van der Waals surface area contributed by atoms with Crippen LogP contribution in [0, 0.1) is 0 Å². The molecule has 0 bridgehead atoms. The summed E-state index contributed by atoms with van der Waals surface area (Å²) in [7, 11) is 3.08. The molecule has 0 saturated heterocycles. The van der Waals surface area contributed by atoms with Crippen molar-refractivity contribution in [3.63, 3.8) is 0 Å². The second kappa shape index (κ2) is 10.3. The Morgan fingerprint density at radius 3 is 2.17 bits per heavy atom. The predicted octanol–water partition coefficient (Wildman–Crippen LogP) is 4.45. The molecule has 178 valence electrons. The predicted molar refractivity (Wildman–Crippen MR) is 136 cm³/mol. The summed E-state index contributed by atoms with van der Waals surface area (Å²) in [5, 5.41) is 3.14. The molecule has 7 nitrogen and oxygen atoms in total. The fourth-order valence-corrected chi connectivity index (χ4v) is 3.87. The van der Waals surface area contributed by atoms with Crippen molar-refractivity contribution >= 4 is 28.3 Å². The van der Waals surface area contributed by atoms with Gasteiger partial charge in [0.05, 0.1) is 30.7 Å². The largest absolute Gasteiger partial charge is 0.497 e. The third kappa shape index (κ3) is 5.09. The van der Waals surface area contributed by atoms with Crippen LogP contribution < -0.4 is 20.2 Å². The standard InChI is InChI=1S/C28H26N2O5/c1-4-18-5-7-19(8-6-18)27(32)24-16-30(25-14-13-22(35-3)15-23(25)28(24)33)17-26(31)29-20-9-11-21(34-2)12-10-20/h5-16H,4,17H2,1-3H3,(H,29,31). The smallest absolute Gasteiger partial charge is 0.244 e. The molecule has 4 rings (SSSR count). The zero-order valence-corrected chi connectivity index (χ0v) is 19.8. The van der Waals surface area contributed by atoms with Gasteiger partial charge in [-0.1, -0.05) is 31.2 Å². The van der Waals surface area contributed by atoms with E-state index in [1.165, 1.54) is 13.3 Å². The molecule has 1 aromatic heterocycles. The number of aryl methyl sites for hydroxylation is 1. The number of methoxy groups -OCH3 is 2. The minimum atomic E-state index is -0.407. The number of carbonyl (C=O) groups is 2. The summed E-state index contributed by atoms with van der Waals surface area (Å²) in [6.07, 6.45) is 2.31. The van der Waals surface area contributed by atoms with Crippen LogP contribution in [0.15, 0.2) is 77.7 Å². The van der Waals surface area contributed by atoms with Crippen molar-refractivity contribution in [2.45, 2.75) is 19.9 Å². The van der Waals surface area contributed by atoms with Gasteiger partial charge in [0.15, 0.2) is 5.78 Å². The molecule has 3 aromatic carbocycles. The number of carbonyl (C=O) groups excluding carboxylic acids is 2. The van der Waals surface area contributed by atoms with Crippen LogP contribution >= 0.6 is 0 Å². The van der Waals surface area contributed by atoms with Crippen LogP contribution in [0.5, 0.6) is 11.5 Å². The highest BCUT2D eigenvalue weighted by Gasteiger charge is 2.19. The quantitative estimate of drug-likeness (QED) is 0.385. The summed E-state index contributed by atoms with van der Waals surface area (Å²) in [6, 6.07) is 19.2. The van der Waals surface area contributed by atoms with E-state index >= 15 is 0 Å². The normalized spacial score (nSPS) is 10.7. The van der Waals surface area contributed by atoms with Crippen molar-refractivity contribution in [3.05, 3.63) is 99.8 Å². The molecule has 0 fully saturated rings. The Kier molecular flexibility index (Phi) is 6.96. The van der Waals surface area contributed by atoms with Crippen LogP contribution in [0.4, 0.5) is 5.69 Å². The molecule has 1 heterocycles. The monoisotopic (exact) mass is 470 g/mol. The van der Waals surface area contributed by atoms with E-state index in [0.29, 0.717) is 33.7 Å². The highest BCUT2D eigenvalue weighted by molar-refractivity contribution is 6.10. The Hall–Kier alpha value is -4.39. The van der Waals surface area contributed by atoms with E-state index in [1.807, 2.05) is 19.1 Å². The van der Waals surface area contributed by atoms with Gasteiger partial charge in [0.2, 0.25) is 11.3 Å². The third-order valence-corrected chi connectivity index (χ3v) is 5.84. The summed E-state index contributed by atoms with van der Waals surface area (Å²) in [6.45, 7) is 1.94. The maximum absolute atomic E-state index is 13.3. The first kappa shape index (κ1) is 23.8. The number of aromatic nitrogens is 1. The number of fused-ring (bicyclic) bond motifs is 1. The molecule has 4 aromatic rings. The number of ketones is 1. The van der Waals surface area contributed by atoms with Crippen LogP contribution in [0.2, 0.25) is 0 Å². The Balaban J connectivity index is 1.73. The molecule has 0 saturated carbocycles. The molecular formula is C28H26N2O5. The van der Waals surface area contributed by atoms with E-state index in [4.69, 9.17) is 9.47 Å². The summed E-state index contributed by atoms with van der Waals surface area (Å²) >= 11 is 0. The number of ether oxygens (including phenoxy) is 2. The second-order valence-corrected chi connectivity index (χ2v) is 8.04. The number of hydrogen-bond acceptors (Lipinski definition) is 5. The van der Waals surface area contributed by atoms with E-state index in [-0.39, 0.29) is 18.0 Å². The van der Waals surface area contributed by atoms with Gasteiger partial charge in [0.25, 0.3) is 0 Å². The minimum absolute atomic E-state index is 0.00718. The Bertz CT molecular complexity index is 1440. The number of benzene rings is 3. The maximum atomic E-state index is 13.3. The zero-order valence-electron chi connectivity index (χ0n) is 19.8. The van der Waals surface area contributed by atoms with Crippen LogP contribution in [-0.4, -0.2) is 30.5 Å². The lowest BCUT2D eigenvalue weighted by atomic mass is 10.0.